The number of carbonyl (C=O) groups is 1. The molecule has 0 unspecified atom stereocenters. The first-order valence-corrected chi connectivity index (χ1v) is 8.82. The molecule has 3 heterocycles. The number of fused-ring (bicyclic) bond motifs is 2. The summed E-state index contributed by atoms with van der Waals surface area (Å²) in [4.78, 5) is 20.8. The SMILES string of the molecule is COCCN1C(=O)N[C@@H]2CN(c3c(C#N)cnc4ccccc34)CC[C@@H]21. The summed E-state index contributed by atoms with van der Waals surface area (Å²) < 4.78 is 5.13. The van der Waals surface area contributed by atoms with E-state index in [9.17, 15) is 10.1 Å². The van der Waals surface area contributed by atoms with Crippen LogP contribution >= 0.6 is 0 Å². The predicted octanol–water partition coefficient (Wildman–Crippen LogP) is 1.73. The molecule has 4 rings (SSSR count). The highest BCUT2D eigenvalue weighted by Crippen LogP contribution is 2.33. The van der Waals surface area contributed by atoms with Crippen LogP contribution in [0.25, 0.3) is 10.9 Å². The Labute approximate surface area is 152 Å². The van der Waals surface area contributed by atoms with Crippen molar-refractivity contribution in [2.24, 2.45) is 0 Å². The van der Waals surface area contributed by atoms with Crippen LogP contribution in [0.1, 0.15) is 12.0 Å². The molecule has 0 bridgehead atoms. The highest BCUT2D eigenvalue weighted by atomic mass is 16.5. The van der Waals surface area contributed by atoms with Crippen molar-refractivity contribution < 1.29 is 9.53 Å². The molecule has 0 saturated carbocycles. The molecule has 1 aromatic carbocycles. The molecule has 2 atom stereocenters. The second kappa shape index (κ2) is 6.81. The van der Waals surface area contributed by atoms with E-state index < -0.39 is 0 Å². The molecule has 1 N–H and O–H groups in total. The first-order valence-electron chi connectivity index (χ1n) is 8.82. The largest absolute Gasteiger partial charge is 0.383 e. The first kappa shape index (κ1) is 16.6. The molecule has 2 aliphatic heterocycles. The van der Waals surface area contributed by atoms with E-state index in [0.29, 0.717) is 25.3 Å². The number of hydrogen-bond donors (Lipinski definition) is 1. The number of nitriles is 1. The number of amides is 2. The minimum Gasteiger partial charge on any atom is -0.383 e. The van der Waals surface area contributed by atoms with Crippen LogP contribution < -0.4 is 10.2 Å². The highest BCUT2D eigenvalue weighted by molar-refractivity contribution is 5.94. The van der Waals surface area contributed by atoms with E-state index >= 15 is 0 Å². The quantitative estimate of drug-likeness (QED) is 0.907. The van der Waals surface area contributed by atoms with E-state index in [0.717, 1.165) is 29.6 Å². The third-order valence-corrected chi connectivity index (χ3v) is 5.27. The fourth-order valence-electron chi connectivity index (χ4n) is 4.06. The van der Waals surface area contributed by atoms with E-state index in [1.54, 1.807) is 13.3 Å². The van der Waals surface area contributed by atoms with Gasteiger partial charge in [-0.15, -0.1) is 0 Å². The first-order chi connectivity index (χ1) is 12.7. The van der Waals surface area contributed by atoms with Crippen molar-refractivity contribution in [1.29, 1.82) is 5.26 Å². The molecule has 7 nitrogen and oxygen atoms in total. The van der Waals surface area contributed by atoms with Gasteiger partial charge in [-0.1, -0.05) is 18.2 Å². The Balaban J connectivity index is 1.63. The lowest BCUT2D eigenvalue weighted by Gasteiger charge is -2.38. The van der Waals surface area contributed by atoms with Crippen molar-refractivity contribution >= 4 is 22.6 Å². The highest BCUT2D eigenvalue weighted by Gasteiger charge is 2.42. The maximum atomic E-state index is 12.3. The summed E-state index contributed by atoms with van der Waals surface area (Å²) in [5, 5.41) is 13.6. The predicted molar refractivity (Wildman–Crippen MR) is 98.0 cm³/mol. The number of para-hydroxylation sites is 1. The molecule has 2 aromatic rings. The van der Waals surface area contributed by atoms with Crippen molar-refractivity contribution in [3.63, 3.8) is 0 Å². The molecular weight excluding hydrogens is 330 g/mol. The van der Waals surface area contributed by atoms with Crippen LogP contribution in [0.15, 0.2) is 30.5 Å². The number of hydrogen-bond acceptors (Lipinski definition) is 5. The lowest BCUT2D eigenvalue weighted by atomic mass is 9.97. The fourth-order valence-corrected chi connectivity index (χ4v) is 4.06. The number of rotatable bonds is 4. The number of pyridine rings is 1. The smallest absolute Gasteiger partial charge is 0.318 e. The zero-order valence-electron chi connectivity index (χ0n) is 14.7. The van der Waals surface area contributed by atoms with Crippen molar-refractivity contribution in [3.8, 4) is 6.07 Å². The fraction of sp³-hybridized carbons (Fsp3) is 0.421. The van der Waals surface area contributed by atoms with Crippen molar-refractivity contribution in [2.45, 2.75) is 18.5 Å². The Morgan fingerprint density at radius 3 is 3.08 bits per heavy atom. The van der Waals surface area contributed by atoms with Crippen LogP contribution in [0.4, 0.5) is 10.5 Å². The van der Waals surface area contributed by atoms with Crippen molar-refractivity contribution in [1.82, 2.24) is 15.2 Å². The molecule has 2 saturated heterocycles. The van der Waals surface area contributed by atoms with Crippen molar-refractivity contribution in [2.75, 3.05) is 38.3 Å². The van der Waals surface area contributed by atoms with E-state index in [2.05, 4.69) is 21.3 Å². The molecule has 26 heavy (non-hydrogen) atoms. The summed E-state index contributed by atoms with van der Waals surface area (Å²) in [5.41, 5.74) is 2.37. The van der Waals surface area contributed by atoms with Gasteiger partial charge in [0.25, 0.3) is 0 Å². The average molecular weight is 351 g/mol. The summed E-state index contributed by atoms with van der Waals surface area (Å²) in [7, 11) is 1.64. The van der Waals surface area contributed by atoms with Gasteiger partial charge < -0.3 is 19.9 Å². The average Bonchev–Trinajstić information content (AvgIpc) is 2.99. The monoisotopic (exact) mass is 351 g/mol. The zero-order chi connectivity index (χ0) is 18.1. The van der Waals surface area contributed by atoms with Gasteiger partial charge in [-0.3, -0.25) is 4.98 Å². The minimum absolute atomic E-state index is 0.0287. The third-order valence-electron chi connectivity index (χ3n) is 5.27. The van der Waals surface area contributed by atoms with Gasteiger partial charge in [0.15, 0.2) is 0 Å². The summed E-state index contributed by atoms with van der Waals surface area (Å²) in [5.74, 6) is 0. The number of carbonyl (C=O) groups excluding carboxylic acids is 1. The summed E-state index contributed by atoms with van der Waals surface area (Å²) in [6, 6.07) is 10.3. The van der Waals surface area contributed by atoms with Gasteiger partial charge in [-0.2, -0.15) is 5.26 Å². The molecule has 0 radical (unpaired) electrons. The van der Waals surface area contributed by atoms with E-state index in [1.807, 2.05) is 29.2 Å². The normalized spacial score (nSPS) is 22.2. The van der Waals surface area contributed by atoms with Gasteiger partial charge in [0.2, 0.25) is 0 Å². The van der Waals surface area contributed by atoms with Gasteiger partial charge in [0.05, 0.1) is 35.5 Å². The number of piperidine rings is 1. The van der Waals surface area contributed by atoms with E-state index in [1.165, 1.54) is 0 Å². The number of anilines is 1. The van der Waals surface area contributed by atoms with Crippen molar-refractivity contribution in [3.05, 3.63) is 36.0 Å². The molecule has 0 spiro atoms. The van der Waals surface area contributed by atoms with Gasteiger partial charge in [0, 0.05) is 38.3 Å². The van der Waals surface area contributed by atoms with Crippen LogP contribution in [-0.2, 0) is 4.74 Å². The van der Waals surface area contributed by atoms with E-state index in [-0.39, 0.29) is 18.1 Å². The number of benzene rings is 1. The molecule has 134 valence electrons. The van der Waals surface area contributed by atoms with E-state index in [4.69, 9.17) is 4.74 Å². The Bertz CT molecular complexity index is 878. The maximum absolute atomic E-state index is 12.3. The number of nitrogens with one attached hydrogen (secondary N) is 1. The van der Waals surface area contributed by atoms with Gasteiger partial charge >= 0.3 is 6.03 Å². The lowest BCUT2D eigenvalue weighted by Crippen LogP contribution is -2.51. The summed E-state index contributed by atoms with van der Waals surface area (Å²) >= 11 is 0. The zero-order valence-corrected chi connectivity index (χ0v) is 14.7. The molecular formula is C19H21N5O2. The topological polar surface area (TPSA) is 81.5 Å². The summed E-state index contributed by atoms with van der Waals surface area (Å²) in [6.07, 6.45) is 2.50. The van der Waals surface area contributed by atoms with Gasteiger partial charge in [-0.05, 0) is 12.5 Å². The molecule has 2 amide bonds. The Hall–Kier alpha value is -2.85. The number of methoxy groups -OCH3 is 1. The Morgan fingerprint density at radius 1 is 1.42 bits per heavy atom. The Kier molecular flexibility index (Phi) is 4.35. The second-order valence-corrected chi connectivity index (χ2v) is 6.69. The number of nitrogens with zero attached hydrogens (tertiary/aromatic N) is 4. The van der Waals surface area contributed by atoms with Gasteiger partial charge in [-0.25, -0.2) is 4.79 Å². The van der Waals surface area contributed by atoms with Crippen LogP contribution in [0.2, 0.25) is 0 Å². The number of urea groups is 1. The molecule has 7 heteroatoms. The summed E-state index contributed by atoms with van der Waals surface area (Å²) in [6.45, 7) is 2.62. The third kappa shape index (κ3) is 2.72. The molecule has 2 fully saturated rings. The van der Waals surface area contributed by atoms with Crippen LogP contribution in [0, 0.1) is 11.3 Å². The number of ether oxygens (including phenoxy) is 1. The Morgan fingerprint density at radius 2 is 2.27 bits per heavy atom. The second-order valence-electron chi connectivity index (χ2n) is 6.69. The van der Waals surface area contributed by atoms with Crippen LogP contribution in [0.5, 0.6) is 0 Å². The van der Waals surface area contributed by atoms with Crippen LogP contribution in [0.3, 0.4) is 0 Å². The molecule has 0 aliphatic carbocycles. The maximum Gasteiger partial charge on any atom is 0.318 e. The molecule has 2 aliphatic rings. The minimum atomic E-state index is -0.0287. The van der Waals surface area contributed by atoms with Crippen LogP contribution in [-0.4, -0.2) is 61.3 Å². The number of aromatic nitrogens is 1. The van der Waals surface area contributed by atoms with Gasteiger partial charge in [0.1, 0.15) is 6.07 Å². The lowest BCUT2D eigenvalue weighted by molar-refractivity contribution is 0.140. The standard InChI is InChI=1S/C19H21N5O2/c1-26-9-8-24-17-6-7-23(12-16(17)22-19(24)25)18-13(10-20)11-21-15-5-3-2-4-14(15)18/h2-5,11,16-17H,6-9,12H2,1H3,(H,22,25)/t16-,17+/m1/s1. The molecule has 1 aromatic heterocycles.